The van der Waals surface area contributed by atoms with Crippen molar-refractivity contribution in [3.05, 3.63) is 35.1 Å². The van der Waals surface area contributed by atoms with Crippen molar-refractivity contribution >= 4 is 12.3 Å². The van der Waals surface area contributed by atoms with Gasteiger partial charge < -0.3 is 4.74 Å². The highest BCUT2D eigenvalue weighted by molar-refractivity contribution is 5.77. The van der Waals surface area contributed by atoms with Gasteiger partial charge in [0, 0.05) is 5.56 Å². The molecule has 3 nitrogen and oxygen atoms in total. The number of hydrogen-bond acceptors (Lipinski definition) is 3. The summed E-state index contributed by atoms with van der Waals surface area (Å²) in [6, 6.07) is 3.87. The second kappa shape index (κ2) is 5.24. The zero-order chi connectivity index (χ0) is 11.3. The summed E-state index contributed by atoms with van der Waals surface area (Å²) in [6.07, 6.45) is 0.454. The molecule has 0 aliphatic heterocycles. The van der Waals surface area contributed by atoms with Gasteiger partial charge in [0.1, 0.15) is 12.1 Å². The van der Waals surface area contributed by atoms with Crippen LogP contribution in [0.4, 0.5) is 4.39 Å². The van der Waals surface area contributed by atoms with E-state index < -0.39 is 11.8 Å². The maximum absolute atomic E-state index is 13.2. The van der Waals surface area contributed by atoms with Crippen LogP contribution in [0.3, 0.4) is 0 Å². The Labute approximate surface area is 86.9 Å². The molecule has 0 saturated heterocycles. The van der Waals surface area contributed by atoms with Crippen LogP contribution in [-0.4, -0.2) is 18.9 Å². The minimum atomic E-state index is -0.506. The molecule has 0 aliphatic rings. The third kappa shape index (κ3) is 3.16. The van der Waals surface area contributed by atoms with Gasteiger partial charge in [0.05, 0.1) is 13.0 Å². The molecule has 1 rings (SSSR count). The lowest BCUT2D eigenvalue weighted by molar-refractivity contribution is -0.142. The number of hydrogen-bond donors (Lipinski definition) is 0. The summed E-state index contributed by atoms with van der Waals surface area (Å²) >= 11 is 0. The van der Waals surface area contributed by atoms with Crippen LogP contribution >= 0.6 is 0 Å². The number of aldehydes is 1. The van der Waals surface area contributed by atoms with Crippen molar-refractivity contribution in [2.24, 2.45) is 0 Å². The fourth-order valence-electron chi connectivity index (χ4n) is 1.17. The van der Waals surface area contributed by atoms with Crippen LogP contribution in [-0.2, 0) is 16.0 Å². The molecule has 0 atom stereocenters. The summed E-state index contributed by atoms with van der Waals surface area (Å²) in [5.74, 6) is -1.01. The molecule has 0 radical (unpaired) electrons. The van der Waals surface area contributed by atoms with Crippen LogP contribution in [0.2, 0.25) is 0 Å². The second-order valence-electron chi connectivity index (χ2n) is 2.95. The van der Waals surface area contributed by atoms with Gasteiger partial charge in [0.15, 0.2) is 0 Å². The molecular formula is C11H11FO3. The van der Waals surface area contributed by atoms with E-state index >= 15 is 0 Å². The van der Waals surface area contributed by atoms with Gasteiger partial charge in [-0.15, -0.1) is 0 Å². The largest absolute Gasteiger partial charge is 0.466 e. The summed E-state index contributed by atoms with van der Waals surface area (Å²) in [5.41, 5.74) is 0.522. The molecular weight excluding hydrogens is 199 g/mol. The van der Waals surface area contributed by atoms with Gasteiger partial charge in [-0.2, -0.15) is 0 Å². The van der Waals surface area contributed by atoms with E-state index in [9.17, 15) is 14.0 Å². The highest BCUT2D eigenvalue weighted by Crippen LogP contribution is 2.10. The first kappa shape index (κ1) is 11.4. The van der Waals surface area contributed by atoms with Crippen LogP contribution in [0.15, 0.2) is 18.2 Å². The Balaban J connectivity index is 2.83. The summed E-state index contributed by atoms with van der Waals surface area (Å²) in [6.45, 7) is 1.93. The first-order valence-electron chi connectivity index (χ1n) is 4.56. The van der Waals surface area contributed by atoms with Crippen molar-refractivity contribution in [1.82, 2.24) is 0 Å². The number of halogens is 1. The predicted octanol–water partition coefficient (Wildman–Crippen LogP) is 1.74. The fraction of sp³-hybridized carbons (Fsp3) is 0.273. The van der Waals surface area contributed by atoms with E-state index in [2.05, 4.69) is 4.74 Å². The summed E-state index contributed by atoms with van der Waals surface area (Å²) in [7, 11) is 0. The van der Waals surface area contributed by atoms with E-state index in [1.807, 2.05) is 0 Å². The molecule has 0 unspecified atom stereocenters. The van der Waals surface area contributed by atoms with Gasteiger partial charge in [-0.25, -0.2) is 4.39 Å². The van der Waals surface area contributed by atoms with E-state index in [1.165, 1.54) is 12.1 Å². The molecule has 0 spiro atoms. The lowest BCUT2D eigenvalue weighted by Gasteiger charge is -2.03. The summed E-state index contributed by atoms with van der Waals surface area (Å²) in [4.78, 5) is 21.5. The van der Waals surface area contributed by atoms with Gasteiger partial charge >= 0.3 is 5.97 Å². The highest BCUT2D eigenvalue weighted by Gasteiger charge is 2.09. The maximum atomic E-state index is 13.2. The van der Waals surface area contributed by atoms with Crippen LogP contribution in [0.1, 0.15) is 22.8 Å². The number of esters is 1. The molecule has 0 N–H and O–H groups in total. The van der Waals surface area contributed by atoms with Gasteiger partial charge in [0.2, 0.25) is 0 Å². The monoisotopic (exact) mass is 210 g/mol. The van der Waals surface area contributed by atoms with E-state index in [0.717, 1.165) is 6.07 Å². The number of carbonyl (C=O) groups is 2. The summed E-state index contributed by atoms with van der Waals surface area (Å²) < 4.78 is 17.9. The van der Waals surface area contributed by atoms with Crippen LogP contribution < -0.4 is 0 Å². The Bertz CT molecular complexity index is 374. The van der Waals surface area contributed by atoms with Crippen LogP contribution in [0.5, 0.6) is 0 Å². The minimum absolute atomic E-state index is 0.151. The number of benzene rings is 1. The average Bonchev–Trinajstić information content (AvgIpc) is 2.21. The number of rotatable bonds is 4. The van der Waals surface area contributed by atoms with E-state index in [-0.39, 0.29) is 18.6 Å². The standard InChI is InChI=1S/C11H11FO3/c1-2-15-11(14)6-9-5-8(7-13)3-4-10(9)12/h3-5,7H,2,6H2,1H3. The molecule has 0 fully saturated rings. The molecule has 0 aromatic heterocycles. The Morgan fingerprint density at radius 3 is 2.87 bits per heavy atom. The zero-order valence-corrected chi connectivity index (χ0v) is 8.33. The summed E-state index contributed by atoms with van der Waals surface area (Å²) in [5, 5.41) is 0. The lowest BCUT2D eigenvalue weighted by Crippen LogP contribution is -2.09. The SMILES string of the molecule is CCOC(=O)Cc1cc(C=O)ccc1F. The van der Waals surface area contributed by atoms with E-state index in [0.29, 0.717) is 11.8 Å². The molecule has 4 heteroatoms. The van der Waals surface area contributed by atoms with Gasteiger partial charge in [-0.05, 0) is 30.7 Å². The second-order valence-corrected chi connectivity index (χ2v) is 2.95. The van der Waals surface area contributed by atoms with Crippen molar-refractivity contribution in [3.63, 3.8) is 0 Å². The lowest BCUT2D eigenvalue weighted by atomic mass is 10.1. The molecule has 1 aromatic rings. The Hall–Kier alpha value is -1.71. The first-order valence-corrected chi connectivity index (χ1v) is 4.56. The molecule has 80 valence electrons. The Morgan fingerprint density at radius 2 is 2.27 bits per heavy atom. The van der Waals surface area contributed by atoms with Crippen molar-refractivity contribution < 1.29 is 18.7 Å². The molecule has 0 amide bonds. The zero-order valence-electron chi connectivity index (χ0n) is 8.33. The fourth-order valence-corrected chi connectivity index (χ4v) is 1.17. The average molecular weight is 210 g/mol. The van der Waals surface area contributed by atoms with Crippen molar-refractivity contribution in [2.45, 2.75) is 13.3 Å². The van der Waals surface area contributed by atoms with Crippen molar-refractivity contribution in [2.75, 3.05) is 6.61 Å². The minimum Gasteiger partial charge on any atom is -0.466 e. The third-order valence-corrected chi connectivity index (χ3v) is 1.85. The van der Waals surface area contributed by atoms with Crippen LogP contribution in [0, 0.1) is 5.82 Å². The van der Waals surface area contributed by atoms with Gasteiger partial charge in [-0.1, -0.05) is 0 Å². The molecule has 15 heavy (non-hydrogen) atoms. The molecule has 0 saturated carbocycles. The maximum Gasteiger partial charge on any atom is 0.310 e. The van der Waals surface area contributed by atoms with E-state index in [1.54, 1.807) is 6.92 Å². The molecule has 0 heterocycles. The Kier molecular flexibility index (Phi) is 3.97. The third-order valence-electron chi connectivity index (χ3n) is 1.85. The topological polar surface area (TPSA) is 43.4 Å². The molecule has 1 aromatic carbocycles. The van der Waals surface area contributed by atoms with Crippen molar-refractivity contribution in [1.29, 1.82) is 0 Å². The van der Waals surface area contributed by atoms with E-state index in [4.69, 9.17) is 0 Å². The van der Waals surface area contributed by atoms with Crippen molar-refractivity contribution in [3.8, 4) is 0 Å². The number of carbonyl (C=O) groups excluding carboxylic acids is 2. The highest BCUT2D eigenvalue weighted by atomic mass is 19.1. The molecule has 0 bridgehead atoms. The Morgan fingerprint density at radius 1 is 1.53 bits per heavy atom. The van der Waals surface area contributed by atoms with Gasteiger partial charge in [-0.3, -0.25) is 9.59 Å². The molecule has 0 aliphatic carbocycles. The predicted molar refractivity (Wildman–Crippen MR) is 52.1 cm³/mol. The normalized spacial score (nSPS) is 9.73. The van der Waals surface area contributed by atoms with Gasteiger partial charge in [0.25, 0.3) is 0 Å². The first-order chi connectivity index (χ1) is 7.17. The number of ether oxygens (including phenoxy) is 1. The quantitative estimate of drug-likeness (QED) is 0.561. The smallest absolute Gasteiger partial charge is 0.310 e. The van der Waals surface area contributed by atoms with Crippen LogP contribution in [0.25, 0.3) is 0 Å².